The number of aliphatic hydroxyl groups is 1. The number of amides is 2. The van der Waals surface area contributed by atoms with Crippen molar-refractivity contribution in [3.05, 3.63) is 29.8 Å². The smallest absolute Gasteiger partial charge is 0.252 e. The highest BCUT2D eigenvalue weighted by molar-refractivity contribution is 5.95. The Morgan fingerprint density at radius 2 is 2.00 bits per heavy atom. The summed E-state index contributed by atoms with van der Waals surface area (Å²) in [5, 5.41) is 13.5. The zero-order valence-electron chi connectivity index (χ0n) is 14.3. The lowest BCUT2D eigenvalue weighted by Gasteiger charge is -2.32. The molecule has 0 spiro atoms. The van der Waals surface area contributed by atoms with Crippen molar-refractivity contribution in [3.63, 3.8) is 0 Å². The van der Waals surface area contributed by atoms with E-state index < -0.39 is 5.60 Å². The van der Waals surface area contributed by atoms with Crippen LogP contribution in [-0.4, -0.2) is 29.1 Å². The predicted octanol–water partition coefficient (Wildman–Crippen LogP) is 2.69. The van der Waals surface area contributed by atoms with Gasteiger partial charge in [-0.05, 0) is 43.9 Å². The van der Waals surface area contributed by atoms with Crippen molar-refractivity contribution in [2.24, 2.45) is 0 Å². The molecule has 5 heteroatoms. The van der Waals surface area contributed by atoms with Crippen molar-refractivity contribution in [1.82, 2.24) is 5.32 Å². The van der Waals surface area contributed by atoms with E-state index in [9.17, 15) is 14.7 Å². The molecule has 1 atom stereocenters. The number of anilines is 1. The average molecular weight is 330 g/mol. The van der Waals surface area contributed by atoms with E-state index in [0.717, 1.165) is 43.5 Å². The molecule has 1 heterocycles. The first-order chi connectivity index (χ1) is 11.5. The van der Waals surface area contributed by atoms with Crippen LogP contribution >= 0.6 is 0 Å². The van der Waals surface area contributed by atoms with Crippen LogP contribution in [0.4, 0.5) is 5.69 Å². The number of carbonyl (C=O) groups is 2. The lowest BCUT2D eigenvalue weighted by molar-refractivity contribution is -0.143. The fourth-order valence-electron chi connectivity index (χ4n) is 3.66. The van der Waals surface area contributed by atoms with Crippen LogP contribution < -0.4 is 10.2 Å². The van der Waals surface area contributed by atoms with Gasteiger partial charge in [0, 0.05) is 18.7 Å². The minimum atomic E-state index is -1.23. The highest BCUT2D eigenvalue weighted by Crippen LogP contribution is 2.30. The molecular weight excluding hydrogens is 304 g/mol. The summed E-state index contributed by atoms with van der Waals surface area (Å²) in [6.07, 6.45) is 5.43. The Balaban J connectivity index is 1.69. The molecule has 130 valence electrons. The fourth-order valence-corrected chi connectivity index (χ4v) is 3.66. The Bertz CT molecular complexity index is 623. The van der Waals surface area contributed by atoms with Gasteiger partial charge in [-0.3, -0.25) is 9.59 Å². The molecule has 2 fully saturated rings. The quantitative estimate of drug-likeness (QED) is 0.892. The average Bonchev–Trinajstić information content (AvgIpc) is 3.01. The van der Waals surface area contributed by atoms with E-state index in [1.165, 1.54) is 0 Å². The molecule has 1 aliphatic heterocycles. The molecule has 1 aliphatic carbocycles. The van der Waals surface area contributed by atoms with Crippen molar-refractivity contribution in [3.8, 4) is 0 Å². The van der Waals surface area contributed by atoms with Crippen LogP contribution in [0.2, 0.25) is 0 Å². The van der Waals surface area contributed by atoms with Crippen LogP contribution in [0.3, 0.4) is 0 Å². The Morgan fingerprint density at radius 3 is 2.67 bits per heavy atom. The van der Waals surface area contributed by atoms with Gasteiger partial charge in [0.15, 0.2) is 0 Å². The van der Waals surface area contributed by atoms with Gasteiger partial charge in [-0.25, -0.2) is 0 Å². The Labute approximate surface area is 143 Å². The number of benzene rings is 1. The first-order valence-corrected chi connectivity index (χ1v) is 8.93. The third-order valence-electron chi connectivity index (χ3n) is 5.21. The second-order valence-electron chi connectivity index (χ2n) is 7.03. The standard InChI is InChI=1S/C19H26N2O3/c1-14(20-18(23)19(24)10-3-2-4-11-19)15-7-5-8-16(13-15)21-12-6-9-17(21)22/h5,7-8,13-14,24H,2-4,6,9-12H2,1H3,(H,20,23)/t14-/m0/s1. The minimum absolute atomic E-state index is 0.153. The molecule has 5 nitrogen and oxygen atoms in total. The molecule has 0 aromatic heterocycles. The molecule has 1 saturated heterocycles. The number of hydrogen-bond acceptors (Lipinski definition) is 3. The zero-order chi connectivity index (χ0) is 17.2. The zero-order valence-corrected chi connectivity index (χ0v) is 14.3. The van der Waals surface area contributed by atoms with Gasteiger partial charge in [-0.2, -0.15) is 0 Å². The van der Waals surface area contributed by atoms with Gasteiger partial charge >= 0.3 is 0 Å². The Kier molecular flexibility index (Phi) is 4.90. The summed E-state index contributed by atoms with van der Waals surface area (Å²) in [5.74, 6) is -0.127. The van der Waals surface area contributed by atoms with E-state index in [-0.39, 0.29) is 17.9 Å². The lowest BCUT2D eigenvalue weighted by Crippen LogP contribution is -2.48. The molecule has 2 N–H and O–H groups in total. The van der Waals surface area contributed by atoms with Gasteiger partial charge in [-0.15, -0.1) is 0 Å². The molecule has 24 heavy (non-hydrogen) atoms. The molecule has 0 unspecified atom stereocenters. The van der Waals surface area contributed by atoms with Crippen LogP contribution in [0, 0.1) is 0 Å². The van der Waals surface area contributed by atoms with Gasteiger partial charge in [-0.1, -0.05) is 31.4 Å². The maximum absolute atomic E-state index is 12.5. The van der Waals surface area contributed by atoms with Crippen molar-refractivity contribution in [1.29, 1.82) is 0 Å². The van der Waals surface area contributed by atoms with Crippen LogP contribution in [0.5, 0.6) is 0 Å². The second-order valence-corrected chi connectivity index (χ2v) is 7.03. The lowest BCUT2D eigenvalue weighted by atomic mass is 9.84. The number of carbonyl (C=O) groups excluding carboxylic acids is 2. The second kappa shape index (κ2) is 6.93. The number of nitrogens with one attached hydrogen (secondary N) is 1. The monoisotopic (exact) mass is 330 g/mol. The van der Waals surface area contributed by atoms with Gasteiger partial charge in [0.2, 0.25) is 5.91 Å². The summed E-state index contributed by atoms with van der Waals surface area (Å²) in [4.78, 5) is 26.2. The Morgan fingerprint density at radius 1 is 1.25 bits per heavy atom. The summed E-state index contributed by atoms with van der Waals surface area (Å²) in [6.45, 7) is 2.66. The van der Waals surface area contributed by atoms with Crippen molar-refractivity contribution < 1.29 is 14.7 Å². The first kappa shape index (κ1) is 17.0. The molecule has 0 radical (unpaired) electrons. The van der Waals surface area contributed by atoms with Crippen molar-refractivity contribution in [2.45, 2.75) is 63.5 Å². The van der Waals surface area contributed by atoms with E-state index in [1.54, 1.807) is 4.90 Å². The highest BCUT2D eigenvalue weighted by Gasteiger charge is 2.37. The van der Waals surface area contributed by atoms with Crippen LogP contribution in [-0.2, 0) is 9.59 Å². The maximum atomic E-state index is 12.5. The van der Waals surface area contributed by atoms with Crippen LogP contribution in [0.15, 0.2) is 24.3 Å². The first-order valence-electron chi connectivity index (χ1n) is 8.93. The van der Waals surface area contributed by atoms with E-state index >= 15 is 0 Å². The summed E-state index contributed by atoms with van der Waals surface area (Å²) in [6, 6.07) is 7.53. The topological polar surface area (TPSA) is 69.6 Å². The van der Waals surface area contributed by atoms with Crippen LogP contribution in [0.1, 0.15) is 63.5 Å². The number of rotatable bonds is 4. The van der Waals surface area contributed by atoms with Crippen molar-refractivity contribution in [2.75, 3.05) is 11.4 Å². The summed E-state index contributed by atoms with van der Waals surface area (Å²) >= 11 is 0. The fraction of sp³-hybridized carbons (Fsp3) is 0.579. The van der Waals surface area contributed by atoms with E-state index in [0.29, 0.717) is 19.3 Å². The van der Waals surface area contributed by atoms with Gasteiger partial charge < -0.3 is 15.3 Å². The number of nitrogens with zero attached hydrogens (tertiary/aromatic N) is 1. The largest absolute Gasteiger partial charge is 0.380 e. The van der Waals surface area contributed by atoms with Gasteiger partial charge in [0.1, 0.15) is 5.60 Å². The summed E-state index contributed by atoms with van der Waals surface area (Å²) in [5.41, 5.74) is 0.599. The molecule has 2 aliphatic rings. The predicted molar refractivity (Wildman–Crippen MR) is 92.6 cm³/mol. The number of hydrogen-bond donors (Lipinski definition) is 2. The Hall–Kier alpha value is -1.88. The molecule has 3 rings (SSSR count). The normalized spacial score (nSPS) is 21.6. The van der Waals surface area contributed by atoms with E-state index in [2.05, 4.69) is 5.32 Å². The molecular formula is C19H26N2O3. The third-order valence-corrected chi connectivity index (χ3v) is 5.21. The molecule has 1 aromatic rings. The molecule has 1 saturated carbocycles. The summed E-state index contributed by atoms with van der Waals surface area (Å²) < 4.78 is 0. The van der Waals surface area contributed by atoms with Gasteiger partial charge in [0.05, 0.1) is 6.04 Å². The van der Waals surface area contributed by atoms with Crippen molar-refractivity contribution >= 4 is 17.5 Å². The van der Waals surface area contributed by atoms with E-state index in [4.69, 9.17) is 0 Å². The maximum Gasteiger partial charge on any atom is 0.252 e. The molecule has 0 bridgehead atoms. The van der Waals surface area contributed by atoms with Crippen LogP contribution in [0.25, 0.3) is 0 Å². The molecule has 2 amide bonds. The highest BCUT2D eigenvalue weighted by atomic mass is 16.3. The summed E-state index contributed by atoms with van der Waals surface area (Å²) in [7, 11) is 0. The van der Waals surface area contributed by atoms with Gasteiger partial charge in [0.25, 0.3) is 5.91 Å². The minimum Gasteiger partial charge on any atom is -0.380 e. The molecule has 1 aromatic carbocycles. The SMILES string of the molecule is C[C@H](NC(=O)C1(O)CCCCC1)c1cccc(N2CCCC2=O)c1. The third kappa shape index (κ3) is 3.46. The van der Waals surface area contributed by atoms with E-state index in [1.807, 2.05) is 31.2 Å².